The van der Waals surface area contributed by atoms with Crippen molar-refractivity contribution in [1.82, 2.24) is 5.32 Å². The molecule has 0 radical (unpaired) electrons. The summed E-state index contributed by atoms with van der Waals surface area (Å²) in [6.45, 7) is 3.69. The molecule has 0 aliphatic heterocycles. The van der Waals surface area contributed by atoms with Gasteiger partial charge in [-0.3, -0.25) is 4.79 Å². The SMILES string of the molecule is CC(C)CC(NC(=O)Cc1ccc(F)c(F)c1)C(=O)O. The van der Waals surface area contributed by atoms with Gasteiger partial charge in [0.05, 0.1) is 6.42 Å². The van der Waals surface area contributed by atoms with Crippen molar-refractivity contribution in [2.75, 3.05) is 0 Å². The lowest BCUT2D eigenvalue weighted by Crippen LogP contribution is -2.42. The van der Waals surface area contributed by atoms with Crippen molar-refractivity contribution in [1.29, 1.82) is 0 Å². The van der Waals surface area contributed by atoms with Gasteiger partial charge >= 0.3 is 5.97 Å². The summed E-state index contributed by atoms with van der Waals surface area (Å²) in [4.78, 5) is 22.7. The summed E-state index contributed by atoms with van der Waals surface area (Å²) in [5, 5.41) is 11.4. The molecule has 110 valence electrons. The number of nitrogens with one attached hydrogen (secondary N) is 1. The zero-order valence-corrected chi connectivity index (χ0v) is 11.3. The third kappa shape index (κ3) is 4.95. The van der Waals surface area contributed by atoms with E-state index in [1.165, 1.54) is 6.07 Å². The van der Waals surface area contributed by atoms with Crippen LogP contribution in [0.2, 0.25) is 0 Å². The van der Waals surface area contributed by atoms with Gasteiger partial charge in [-0.05, 0) is 30.0 Å². The molecule has 0 spiro atoms. The van der Waals surface area contributed by atoms with Crippen LogP contribution in [0.1, 0.15) is 25.8 Å². The standard InChI is InChI=1S/C14H17F2NO3/c1-8(2)5-12(14(19)20)17-13(18)7-9-3-4-10(15)11(16)6-9/h3-4,6,8,12H,5,7H2,1-2H3,(H,17,18)(H,19,20). The molecule has 0 aliphatic carbocycles. The summed E-state index contributed by atoms with van der Waals surface area (Å²) in [7, 11) is 0. The normalized spacial score (nSPS) is 12.2. The van der Waals surface area contributed by atoms with Crippen LogP contribution >= 0.6 is 0 Å². The van der Waals surface area contributed by atoms with E-state index >= 15 is 0 Å². The molecule has 4 nitrogen and oxygen atoms in total. The number of halogens is 2. The molecule has 1 unspecified atom stereocenters. The smallest absolute Gasteiger partial charge is 0.326 e. The average Bonchev–Trinajstić information content (AvgIpc) is 2.32. The number of amides is 1. The van der Waals surface area contributed by atoms with E-state index < -0.39 is 29.6 Å². The number of carboxylic acid groups (broad SMARTS) is 1. The first-order valence-corrected chi connectivity index (χ1v) is 6.25. The van der Waals surface area contributed by atoms with Crippen LogP contribution in [0.3, 0.4) is 0 Å². The van der Waals surface area contributed by atoms with Crippen molar-refractivity contribution in [3.8, 4) is 0 Å². The van der Waals surface area contributed by atoms with Gasteiger partial charge in [0, 0.05) is 0 Å². The van der Waals surface area contributed by atoms with Crippen LogP contribution < -0.4 is 5.32 Å². The van der Waals surface area contributed by atoms with Crippen LogP contribution in [-0.2, 0) is 16.0 Å². The van der Waals surface area contributed by atoms with Gasteiger partial charge in [0.1, 0.15) is 6.04 Å². The van der Waals surface area contributed by atoms with Crippen molar-refractivity contribution in [2.45, 2.75) is 32.7 Å². The molecule has 0 aliphatic rings. The maximum absolute atomic E-state index is 13.0. The van der Waals surface area contributed by atoms with Crippen molar-refractivity contribution in [3.05, 3.63) is 35.4 Å². The Balaban J connectivity index is 2.65. The van der Waals surface area contributed by atoms with Crippen LogP contribution in [-0.4, -0.2) is 23.0 Å². The lowest BCUT2D eigenvalue weighted by Gasteiger charge is -2.16. The number of carbonyl (C=O) groups is 2. The van der Waals surface area contributed by atoms with Crippen LogP contribution in [0, 0.1) is 17.6 Å². The molecule has 1 amide bonds. The van der Waals surface area contributed by atoms with E-state index in [0.717, 1.165) is 12.1 Å². The van der Waals surface area contributed by atoms with E-state index in [-0.39, 0.29) is 17.9 Å². The summed E-state index contributed by atoms with van der Waals surface area (Å²) >= 11 is 0. The topological polar surface area (TPSA) is 66.4 Å². The quantitative estimate of drug-likeness (QED) is 0.841. The van der Waals surface area contributed by atoms with Crippen LogP contribution in [0.5, 0.6) is 0 Å². The van der Waals surface area contributed by atoms with E-state index in [4.69, 9.17) is 5.11 Å². The van der Waals surface area contributed by atoms with Gasteiger partial charge < -0.3 is 10.4 Å². The Morgan fingerprint density at radius 2 is 1.90 bits per heavy atom. The predicted molar refractivity (Wildman–Crippen MR) is 69.1 cm³/mol. The van der Waals surface area contributed by atoms with Gasteiger partial charge in [-0.2, -0.15) is 0 Å². The first-order chi connectivity index (χ1) is 9.29. The molecular weight excluding hydrogens is 268 g/mol. The first kappa shape index (κ1) is 16.1. The second-order valence-corrected chi connectivity index (χ2v) is 5.01. The van der Waals surface area contributed by atoms with Gasteiger partial charge in [-0.1, -0.05) is 19.9 Å². The highest BCUT2D eigenvalue weighted by Gasteiger charge is 2.21. The van der Waals surface area contributed by atoms with Gasteiger partial charge in [-0.25, -0.2) is 13.6 Å². The maximum Gasteiger partial charge on any atom is 0.326 e. The van der Waals surface area contributed by atoms with Crippen molar-refractivity contribution >= 4 is 11.9 Å². The molecule has 1 aromatic carbocycles. The molecule has 6 heteroatoms. The molecule has 0 fully saturated rings. The molecule has 0 heterocycles. The Bertz CT molecular complexity index is 503. The van der Waals surface area contributed by atoms with E-state index in [1.807, 2.05) is 13.8 Å². The van der Waals surface area contributed by atoms with Crippen molar-refractivity contribution < 1.29 is 23.5 Å². The Kier molecular flexibility index (Phi) is 5.61. The Morgan fingerprint density at radius 1 is 1.25 bits per heavy atom. The minimum Gasteiger partial charge on any atom is -0.480 e. The number of hydrogen-bond acceptors (Lipinski definition) is 2. The minimum absolute atomic E-state index is 0.111. The lowest BCUT2D eigenvalue weighted by atomic mass is 10.0. The average molecular weight is 285 g/mol. The van der Waals surface area contributed by atoms with Crippen molar-refractivity contribution in [2.24, 2.45) is 5.92 Å². The van der Waals surface area contributed by atoms with Crippen molar-refractivity contribution in [3.63, 3.8) is 0 Å². The molecule has 1 atom stereocenters. The fourth-order valence-corrected chi connectivity index (χ4v) is 1.77. The molecule has 0 bridgehead atoms. The van der Waals surface area contributed by atoms with Gasteiger partial charge in [0.25, 0.3) is 0 Å². The Hall–Kier alpha value is -1.98. The number of rotatable bonds is 6. The van der Waals surface area contributed by atoms with Crippen LogP contribution in [0.25, 0.3) is 0 Å². The summed E-state index contributed by atoms with van der Waals surface area (Å²) in [6, 6.07) is 2.16. The first-order valence-electron chi connectivity index (χ1n) is 6.25. The second-order valence-electron chi connectivity index (χ2n) is 5.01. The van der Waals surface area contributed by atoms with Gasteiger partial charge in [-0.15, -0.1) is 0 Å². The monoisotopic (exact) mass is 285 g/mol. The molecule has 0 saturated heterocycles. The zero-order chi connectivity index (χ0) is 15.3. The van der Waals surface area contributed by atoms with E-state index in [9.17, 15) is 18.4 Å². The molecular formula is C14H17F2NO3. The third-order valence-corrected chi connectivity index (χ3v) is 2.69. The van der Waals surface area contributed by atoms with E-state index in [0.29, 0.717) is 6.42 Å². The second kappa shape index (κ2) is 6.98. The summed E-state index contributed by atoms with van der Waals surface area (Å²) in [5.41, 5.74) is 0.287. The highest BCUT2D eigenvalue weighted by atomic mass is 19.2. The number of hydrogen-bond donors (Lipinski definition) is 2. The summed E-state index contributed by atoms with van der Waals surface area (Å²) in [5.74, 6) is -3.56. The molecule has 0 saturated carbocycles. The Morgan fingerprint density at radius 3 is 2.40 bits per heavy atom. The largest absolute Gasteiger partial charge is 0.480 e. The van der Waals surface area contributed by atoms with E-state index in [1.54, 1.807) is 0 Å². The lowest BCUT2D eigenvalue weighted by molar-refractivity contribution is -0.142. The highest BCUT2D eigenvalue weighted by Crippen LogP contribution is 2.10. The minimum atomic E-state index is -1.11. The summed E-state index contributed by atoms with van der Waals surface area (Å²) in [6.07, 6.45) is 0.109. The number of carbonyl (C=O) groups excluding carboxylic acids is 1. The maximum atomic E-state index is 13.0. The summed E-state index contributed by atoms with van der Waals surface area (Å²) < 4.78 is 25.7. The molecule has 20 heavy (non-hydrogen) atoms. The zero-order valence-electron chi connectivity index (χ0n) is 11.3. The van der Waals surface area contributed by atoms with Crippen LogP contribution in [0.15, 0.2) is 18.2 Å². The predicted octanol–water partition coefficient (Wildman–Crippen LogP) is 2.12. The number of benzene rings is 1. The van der Waals surface area contributed by atoms with Crippen LogP contribution in [0.4, 0.5) is 8.78 Å². The number of carboxylic acids is 1. The third-order valence-electron chi connectivity index (χ3n) is 2.69. The fraction of sp³-hybridized carbons (Fsp3) is 0.429. The Labute approximate surface area is 115 Å². The molecule has 1 aromatic rings. The highest BCUT2D eigenvalue weighted by molar-refractivity contribution is 5.84. The van der Waals surface area contributed by atoms with E-state index in [2.05, 4.69) is 5.32 Å². The van der Waals surface area contributed by atoms with Gasteiger partial charge in [0.2, 0.25) is 5.91 Å². The fourth-order valence-electron chi connectivity index (χ4n) is 1.77. The molecule has 1 rings (SSSR count). The van der Waals surface area contributed by atoms with Gasteiger partial charge in [0.15, 0.2) is 11.6 Å². The number of aliphatic carboxylic acids is 1. The molecule has 0 aromatic heterocycles. The molecule has 2 N–H and O–H groups in total.